The lowest BCUT2D eigenvalue weighted by molar-refractivity contribution is 0.299. The van der Waals surface area contributed by atoms with Crippen LogP contribution in [-0.4, -0.2) is 16.6 Å². The molecular weight excluding hydrogens is 356 g/mol. The third-order valence-corrected chi connectivity index (χ3v) is 4.90. The molecule has 0 radical (unpaired) electrons. The van der Waals surface area contributed by atoms with Gasteiger partial charge in [-0.15, -0.1) is 0 Å². The molecular formula is C26H24N2O. The number of hydrogen-bond acceptors (Lipinski definition) is 3. The van der Waals surface area contributed by atoms with E-state index in [2.05, 4.69) is 65.4 Å². The minimum absolute atomic E-state index is 0.643. The molecule has 0 spiro atoms. The Kier molecular flexibility index (Phi) is 5.96. The molecule has 2 aromatic heterocycles. The summed E-state index contributed by atoms with van der Waals surface area (Å²) in [5, 5.41) is 0. The van der Waals surface area contributed by atoms with Crippen molar-refractivity contribution in [2.45, 2.75) is 19.8 Å². The van der Waals surface area contributed by atoms with Gasteiger partial charge in [-0.3, -0.25) is 4.98 Å². The molecule has 29 heavy (non-hydrogen) atoms. The molecule has 0 saturated carbocycles. The number of aromatic nitrogens is 2. The van der Waals surface area contributed by atoms with E-state index in [0.717, 1.165) is 35.1 Å². The van der Waals surface area contributed by atoms with Gasteiger partial charge in [0, 0.05) is 30.2 Å². The van der Waals surface area contributed by atoms with Gasteiger partial charge in [0.15, 0.2) is 0 Å². The maximum absolute atomic E-state index is 5.99. The van der Waals surface area contributed by atoms with Crippen molar-refractivity contribution < 1.29 is 4.74 Å². The van der Waals surface area contributed by atoms with Crippen LogP contribution in [0, 0.1) is 6.92 Å². The zero-order valence-corrected chi connectivity index (χ0v) is 16.6. The molecule has 0 unspecified atom stereocenters. The van der Waals surface area contributed by atoms with E-state index in [1.807, 2.05) is 42.9 Å². The predicted molar refractivity (Wildman–Crippen MR) is 118 cm³/mol. The summed E-state index contributed by atoms with van der Waals surface area (Å²) in [4.78, 5) is 8.70. The first-order valence-corrected chi connectivity index (χ1v) is 9.94. The van der Waals surface area contributed by atoms with Gasteiger partial charge in [-0.05, 0) is 54.2 Å². The molecule has 0 N–H and O–H groups in total. The first kappa shape index (κ1) is 18.9. The topological polar surface area (TPSA) is 35.0 Å². The number of nitrogens with zero attached hydrogens (tertiary/aromatic N) is 2. The van der Waals surface area contributed by atoms with Crippen molar-refractivity contribution in [1.29, 1.82) is 0 Å². The fourth-order valence-corrected chi connectivity index (χ4v) is 3.43. The van der Waals surface area contributed by atoms with E-state index < -0.39 is 0 Å². The summed E-state index contributed by atoms with van der Waals surface area (Å²) in [7, 11) is 0. The number of pyridine rings is 2. The van der Waals surface area contributed by atoms with E-state index in [0.29, 0.717) is 12.5 Å². The van der Waals surface area contributed by atoms with Gasteiger partial charge in [0.25, 0.3) is 0 Å². The second kappa shape index (κ2) is 9.16. The monoisotopic (exact) mass is 380 g/mol. The minimum atomic E-state index is 0.643. The van der Waals surface area contributed by atoms with Crippen LogP contribution in [0.25, 0.3) is 22.3 Å². The highest BCUT2D eigenvalue weighted by atomic mass is 16.5. The molecule has 144 valence electrons. The fourth-order valence-electron chi connectivity index (χ4n) is 3.43. The first-order chi connectivity index (χ1) is 14.3. The van der Waals surface area contributed by atoms with Crippen LogP contribution < -0.4 is 4.74 Å². The molecule has 2 aromatic carbocycles. The van der Waals surface area contributed by atoms with Crippen molar-refractivity contribution in [2.75, 3.05) is 6.61 Å². The summed E-state index contributed by atoms with van der Waals surface area (Å²) in [5.74, 6) is 0.660. The molecule has 4 aromatic rings. The van der Waals surface area contributed by atoms with Crippen LogP contribution in [0.3, 0.4) is 0 Å². The summed E-state index contributed by atoms with van der Waals surface area (Å²) in [6.07, 6.45) is 7.48. The van der Waals surface area contributed by atoms with Gasteiger partial charge in [0.2, 0.25) is 5.88 Å². The summed E-state index contributed by atoms with van der Waals surface area (Å²) < 4.78 is 5.99. The summed E-state index contributed by atoms with van der Waals surface area (Å²) >= 11 is 0. The highest BCUT2D eigenvalue weighted by Crippen LogP contribution is 2.34. The van der Waals surface area contributed by atoms with Crippen molar-refractivity contribution >= 4 is 0 Å². The molecule has 0 fully saturated rings. The molecule has 0 aliphatic carbocycles. The predicted octanol–water partition coefficient (Wildman–Crippen LogP) is 6.13. The zero-order chi connectivity index (χ0) is 19.9. The third-order valence-electron chi connectivity index (χ3n) is 4.90. The van der Waals surface area contributed by atoms with Crippen molar-refractivity contribution in [3.05, 3.63) is 103 Å². The van der Waals surface area contributed by atoms with Gasteiger partial charge in [0.05, 0.1) is 6.61 Å². The second-order valence-corrected chi connectivity index (χ2v) is 7.11. The van der Waals surface area contributed by atoms with E-state index in [4.69, 9.17) is 4.74 Å². The minimum Gasteiger partial charge on any atom is -0.478 e. The number of aryl methyl sites for hydroxylation is 2. The maximum atomic E-state index is 5.99. The standard InChI is InChI=1S/C26H24N2O/c1-20-7-5-11-23(17-20)24-18-26(28-19-25(24)22-12-14-27-15-13-22)29-16-6-10-21-8-3-2-4-9-21/h2-5,7-9,11-15,17-19H,6,10,16H2,1H3. The number of ether oxygens (including phenoxy) is 1. The maximum Gasteiger partial charge on any atom is 0.213 e. The number of rotatable bonds is 7. The van der Waals surface area contributed by atoms with Crippen LogP contribution in [0.1, 0.15) is 17.5 Å². The normalized spacial score (nSPS) is 10.7. The lowest BCUT2D eigenvalue weighted by Crippen LogP contribution is -2.01. The van der Waals surface area contributed by atoms with Crippen LogP contribution >= 0.6 is 0 Å². The van der Waals surface area contributed by atoms with E-state index in [9.17, 15) is 0 Å². The van der Waals surface area contributed by atoms with E-state index in [1.54, 1.807) is 0 Å². The quantitative estimate of drug-likeness (QED) is 0.362. The van der Waals surface area contributed by atoms with Gasteiger partial charge in [-0.25, -0.2) is 4.98 Å². The van der Waals surface area contributed by atoms with E-state index in [-0.39, 0.29) is 0 Å². The Bertz CT molecular complexity index is 1060. The van der Waals surface area contributed by atoms with Crippen LogP contribution in [0.5, 0.6) is 5.88 Å². The molecule has 0 atom stereocenters. The van der Waals surface area contributed by atoms with E-state index >= 15 is 0 Å². The summed E-state index contributed by atoms with van der Waals surface area (Å²) in [6, 6.07) is 25.1. The Hall–Kier alpha value is -3.46. The Balaban J connectivity index is 1.55. The number of hydrogen-bond donors (Lipinski definition) is 0. The molecule has 3 heteroatoms. The van der Waals surface area contributed by atoms with Crippen LogP contribution in [0.2, 0.25) is 0 Å². The van der Waals surface area contributed by atoms with Crippen LogP contribution in [0.4, 0.5) is 0 Å². The highest BCUT2D eigenvalue weighted by Gasteiger charge is 2.11. The molecule has 3 nitrogen and oxygen atoms in total. The molecule has 0 aliphatic rings. The molecule has 0 aliphatic heterocycles. The van der Waals surface area contributed by atoms with Crippen LogP contribution in [0.15, 0.2) is 91.4 Å². The van der Waals surface area contributed by atoms with Gasteiger partial charge < -0.3 is 4.74 Å². The lowest BCUT2D eigenvalue weighted by Gasteiger charge is -2.13. The summed E-state index contributed by atoms with van der Waals surface area (Å²) in [6.45, 7) is 2.75. The highest BCUT2D eigenvalue weighted by molar-refractivity contribution is 5.83. The average Bonchev–Trinajstić information content (AvgIpc) is 2.78. The first-order valence-electron chi connectivity index (χ1n) is 9.94. The molecule has 4 rings (SSSR count). The second-order valence-electron chi connectivity index (χ2n) is 7.11. The molecule has 0 amide bonds. The SMILES string of the molecule is Cc1cccc(-c2cc(OCCCc3ccccc3)ncc2-c2ccncc2)c1. The van der Waals surface area contributed by atoms with Gasteiger partial charge in [0.1, 0.15) is 0 Å². The Morgan fingerprint density at radius 1 is 0.793 bits per heavy atom. The van der Waals surface area contributed by atoms with Gasteiger partial charge in [-0.2, -0.15) is 0 Å². The van der Waals surface area contributed by atoms with Crippen molar-refractivity contribution in [2.24, 2.45) is 0 Å². The Labute approximate surface area is 172 Å². The smallest absolute Gasteiger partial charge is 0.213 e. The van der Waals surface area contributed by atoms with Crippen LogP contribution in [-0.2, 0) is 6.42 Å². The average molecular weight is 380 g/mol. The number of benzene rings is 2. The fraction of sp³-hybridized carbons (Fsp3) is 0.154. The largest absolute Gasteiger partial charge is 0.478 e. The Morgan fingerprint density at radius 2 is 1.62 bits per heavy atom. The molecule has 0 saturated heterocycles. The van der Waals surface area contributed by atoms with Crippen molar-refractivity contribution in [3.8, 4) is 28.1 Å². The molecule has 0 bridgehead atoms. The van der Waals surface area contributed by atoms with E-state index in [1.165, 1.54) is 11.1 Å². The molecule has 2 heterocycles. The van der Waals surface area contributed by atoms with Crippen molar-refractivity contribution in [1.82, 2.24) is 9.97 Å². The third kappa shape index (κ3) is 4.88. The lowest BCUT2D eigenvalue weighted by atomic mass is 9.96. The van der Waals surface area contributed by atoms with Gasteiger partial charge in [-0.1, -0.05) is 60.2 Å². The zero-order valence-electron chi connectivity index (χ0n) is 16.6. The summed E-state index contributed by atoms with van der Waals surface area (Å²) in [5.41, 5.74) is 7.01. The van der Waals surface area contributed by atoms with Gasteiger partial charge >= 0.3 is 0 Å². The van der Waals surface area contributed by atoms with Crippen molar-refractivity contribution in [3.63, 3.8) is 0 Å². The Morgan fingerprint density at radius 3 is 2.41 bits per heavy atom.